The van der Waals surface area contributed by atoms with Gasteiger partial charge in [0.25, 0.3) is 0 Å². The first-order valence-corrected chi connectivity index (χ1v) is 5.65. The van der Waals surface area contributed by atoms with Crippen molar-refractivity contribution >= 4 is 0 Å². The van der Waals surface area contributed by atoms with Crippen LogP contribution < -0.4 is 5.32 Å². The Morgan fingerprint density at radius 3 is 2.43 bits per heavy atom. The highest BCUT2D eigenvalue weighted by molar-refractivity contribution is 4.73. The monoisotopic (exact) mass is 201 g/mol. The van der Waals surface area contributed by atoms with Crippen LogP contribution in [0.3, 0.4) is 0 Å². The Kier molecular flexibility index (Phi) is 6.15. The molecule has 0 saturated carbocycles. The minimum atomic E-state index is 0.621. The summed E-state index contributed by atoms with van der Waals surface area (Å²) in [6.45, 7) is 9.87. The molecular weight excluding hydrogens is 178 g/mol. The van der Waals surface area contributed by atoms with Crippen LogP contribution in [0.4, 0.5) is 0 Å². The van der Waals surface area contributed by atoms with E-state index in [4.69, 9.17) is 9.47 Å². The van der Waals surface area contributed by atoms with Gasteiger partial charge in [-0.1, -0.05) is 13.8 Å². The molecule has 1 heterocycles. The Morgan fingerprint density at radius 1 is 1.14 bits per heavy atom. The molecule has 1 N–H and O–H groups in total. The van der Waals surface area contributed by atoms with Crippen LogP contribution in [-0.2, 0) is 9.47 Å². The fourth-order valence-electron chi connectivity index (χ4n) is 1.34. The maximum absolute atomic E-state index is 5.47. The quantitative estimate of drug-likeness (QED) is 0.600. The molecule has 0 atom stereocenters. The average Bonchev–Trinajstić information content (AvgIpc) is 2.06. The first-order chi connectivity index (χ1) is 6.79. The van der Waals surface area contributed by atoms with Crippen molar-refractivity contribution in [3.8, 4) is 0 Å². The molecule has 1 saturated heterocycles. The van der Waals surface area contributed by atoms with Crippen LogP contribution in [0.5, 0.6) is 0 Å². The molecule has 1 aliphatic rings. The molecule has 1 rings (SSSR count). The van der Waals surface area contributed by atoms with Crippen molar-refractivity contribution in [2.24, 2.45) is 11.8 Å². The molecule has 0 aliphatic carbocycles. The van der Waals surface area contributed by atoms with Crippen molar-refractivity contribution in [2.45, 2.75) is 20.3 Å². The maximum atomic E-state index is 5.47. The lowest BCUT2D eigenvalue weighted by Crippen LogP contribution is -2.42. The first kappa shape index (κ1) is 12.0. The lowest BCUT2D eigenvalue weighted by Gasteiger charge is -2.26. The van der Waals surface area contributed by atoms with Crippen LogP contribution in [0.1, 0.15) is 20.3 Å². The summed E-state index contributed by atoms with van der Waals surface area (Å²) in [6.07, 6.45) is 1.19. The van der Waals surface area contributed by atoms with E-state index < -0.39 is 0 Å². The highest BCUT2D eigenvalue weighted by Gasteiger charge is 2.15. The minimum Gasteiger partial charge on any atom is -0.379 e. The first-order valence-electron chi connectivity index (χ1n) is 5.65. The summed E-state index contributed by atoms with van der Waals surface area (Å²) in [7, 11) is 0. The molecule has 3 nitrogen and oxygen atoms in total. The fourth-order valence-corrected chi connectivity index (χ4v) is 1.34. The van der Waals surface area contributed by atoms with Gasteiger partial charge in [0.05, 0.1) is 13.2 Å². The van der Waals surface area contributed by atoms with Crippen molar-refractivity contribution < 1.29 is 9.47 Å². The van der Waals surface area contributed by atoms with E-state index in [9.17, 15) is 0 Å². The van der Waals surface area contributed by atoms with Crippen LogP contribution in [0, 0.1) is 11.8 Å². The van der Waals surface area contributed by atoms with Crippen molar-refractivity contribution in [3.63, 3.8) is 0 Å². The normalized spacial score (nSPS) is 17.4. The molecule has 0 radical (unpaired) electrons. The van der Waals surface area contributed by atoms with Gasteiger partial charge < -0.3 is 14.8 Å². The Balaban J connectivity index is 1.71. The molecule has 0 spiro atoms. The Labute approximate surface area is 87.2 Å². The van der Waals surface area contributed by atoms with Crippen molar-refractivity contribution in [1.82, 2.24) is 5.32 Å². The van der Waals surface area contributed by atoms with Gasteiger partial charge in [0, 0.05) is 13.2 Å². The molecule has 1 aliphatic heterocycles. The smallest absolute Gasteiger partial charge is 0.0700 e. The molecule has 0 unspecified atom stereocenters. The Bertz CT molecular complexity index is 135. The third-order valence-corrected chi connectivity index (χ3v) is 2.36. The van der Waals surface area contributed by atoms with E-state index in [1.165, 1.54) is 19.5 Å². The van der Waals surface area contributed by atoms with Crippen LogP contribution in [0.25, 0.3) is 0 Å². The summed E-state index contributed by atoms with van der Waals surface area (Å²) in [5, 5.41) is 3.25. The van der Waals surface area contributed by atoms with E-state index in [1.54, 1.807) is 0 Å². The van der Waals surface area contributed by atoms with Crippen molar-refractivity contribution in [2.75, 3.05) is 39.5 Å². The van der Waals surface area contributed by atoms with E-state index in [1.807, 2.05) is 0 Å². The second kappa shape index (κ2) is 7.21. The number of nitrogens with one attached hydrogen (secondary N) is 1. The van der Waals surface area contributed by atoms with Crippen LogP contribution in [0.15, 0.2) is 0 Å². The number of hydrogen-bond acceptors (Lipinski definition) is 3. The maximum Gasteiger partial charge on any atom is 0.0700 e. The highest BCUT2D eigenvalue weighted by atomic mass is 16.5. The second-order valence-electron chi connectivity index (χ2n) is 4.39. The van der Waals surface area contributed by atoms with E-state index in [-0.39, 0.29) is 0 Å². The summed E-state index contributed by atoms with van der Waals surface area (Å²) < 4.78 is 10.9. The van der Waals surface area contributed by atoms with Gasteiger partial charge in [-0.15, -0.1) is 0 Å². The minimum absolute atomic E-state index is 0.621. The Hall–Kier alpha value is -0.120. The van der Waals surface area contributed by atoms with E-state index in [0.29, 0.717) is 5.92 Å². The lowest BCUT2D eigenvalue weighted by molar-refractivity contribution is 0.0317. The fraction of sp³-hybridized carbons (Fsp3) is 1.00. The summed E-state index contributed by atoms with van der Waals surface area (Å²) in [6, 6.07) is 0. The molecule has 14 heavy (non-hydrogen) atoms. The Morgan fingerprint density at radius 2 is 1.86 bits per heavy atom. The van der Waals surface area contributed by atoms with E-state index in [0.717, 1.165) is 32.3 Å². The van der Waals surface area contributed by atoms with Crippen molar-refractivity contribution in [3.05, 3.63) is 0 Å². The van der Waals surface area contributed by atoms with Gasteiger partial charge in [0.15, 0.2) is 0 Å². The van der Waals surface area contributed by atoms with Crippen molar-refractivity contribution in [1.29, 1.82) is 0 Å². The standard InChI is InChI=1S/C11H23NO2/c1-10(2)9-14-6-5-13-4-3-11-7-12-8-11/h10-12H,3-9H2,1-2H3. The SMILES string of the molecule is CC(C)COCCOCCC1CNC1. The van der Waals surface area contributed by atoms with Crippen LogP contribution in [-0.4, -0.2) is 39.5 Å². The molecule has 1 fully saturated rings. The number of rotatable bonds is 8. The summed E-state index contributed by atoms with van der Waals surface area (Å²) in [5.41, 5.74) is 0. The molecule has 0 bridgehead atoms. The molecule has 0 aromatic carbocycles. The molecule has 84 valence electrons. The topological polar surface area (TPSA) is 30.5 Å². The van der Waals surface area contributed by atoms with Gasteiger partial charge in [-0.25, -0.2) is 0 Å². The predicted molar refractivity (Wildman–Crippen MR) is 57.5 cm³/mol. The number of ether oxygens (including phenoxy) is 2. The van der Waals surface area contributed by atoms with Crippen LogP contribution >= 0.6 is 0 Å². The zero-order valence-electron chi connectivity index (χ0n) is 9.42. The van der Waals surface area contributed by atoms with Crippen LogP contribution in [0.2, 0.25) is 0 Å². The van der Waals surface area contributed by atoms with Gasteiger partial charge in [-0.2, -0.15) is 0 Å². The summed E-state index contributed by atoms with van der Waals surface area (Å²) >= 11 is 0. The molecule has 0 amide bonds. The molecule has 3 heteroatoms. The zero-order chi connectivity index (χ0) is 10.2. The molecule has 0 aromatic rings. The molecular formula is C11H23NO2. The predicted octanol–water partition coefficient (Wildman–Crippen LogP) is 1.29. The van der Waals surface area contributed by atoms with Gasteiger partial charge in [0.1, 0.15) is 0 Å². The summed E-state index contributed by atoms with van der Waals surface area (Å²) in [5.74, 6) is 1.47. The van der Waals surface area contributed by atoms with E-state index >= 15 is 0 Å². The largest absolute Gasteiger partial charge is 0.379 e. The third-order valence-electron chi connectivity index (χ3n) is 2.36. The summed E-state index contributed by atoms with van der Waals surface area (Å²) in [4.78, 5) is 0. The van der Waals surface area contributed by atoms with Gasteiger partial charge in [-0.05, 0) is 31.3 Å². The zero-order valence-corrected chi connectivity index (χ0v) is 9.42. The third kappa shape index (κ3) is 5.58. The lowest BCUT2D eigenvalue weighted by atomic mass is 10.0. The molecule has 0 aromatic heterocycles. The van der Waals surface area contributed by atoms with Gasteiger partial charge >= 0.3 is 0 Å². The van der Waals surface area contributed by atoms with Gasteiger partial charge in [-0.3, -0.25) is 0 Å². The van der Waals surface area contributed by atoms with E-state index in [2.05, 4.69) is 19.2 Å². The van der Waals surface area contributed by atoms with Gasteiger partial charge in [0.2, 0.25) is 0 Å². The second-order valence-corrected chi connectivity index (χ2v) is 4.39. The number of hydrogen-bond donors (Lipinski definition) is 1. The highest BCUT2D eigenvalue weighted by Crippen LogP contribution is 2.07. The average molecular weight is 201 g/mol.